The second kappa shape index (κ2) is 13.9. The first-order valence-corrected chi connectivity index (χ1v) is 18.5. The average molecular weight is 675 g/mol. The molecule has 7 aromatic rings. The number of hydrogen-bond donors (Lipinski definition) is 0. The van der Waals surface area contributed by atoms with Crippen LogP contribution in [0.15, 0.2) is 97.2 Å². The molecule has 0 aliphatic heterocycles. The lowest BCUT2D eigenvalue weighted by molar-refractivity contribution is 0.402. The highest BCUT2D eigenvalue weighted by Crippen LogP contribution is 2.38. The van der Waals surface area contributed by atoms with E-state index in [2.05, 4.69) is 150 Å². The fourth-order valence-electron chi connectivity index (χ4n) is 7.41. The first kappa shape index (κ1) is 34.3. The Balaban J connectivity index is 1.32. The maximum atomic E-state index is 6.68. The third-order valence-corrected chi connectivity index (χ3v) is 9.97. The molecule has 260 valence electrons. The number of para-hydroxylation sites is 1. The van der Waals surface area contributed by atoms with Crippen molar-refractivity contribution in [3.8, 4) is 34.1 Å². The Morgan fingerprint density at radius 3 is 2.18 bits per heavy atom. The number of aryl methyl sites for hydroxylation is 4. The predicted octanol–water partition coefficient (Wildman–Crippen LogP) is 12.2. The summed E-state index contributed by atoms with van der Waals surface area (Å²) in [6.45, 7) is 18.0. The van der Waals surface area contributed by atoms with Crippen molar-refractivity contribution in [3.63, 3.8) is 0 Å². The molecule has 3 heterocycles. The first-order chi connectivity index (χ1) is 24.5. The van der Waals surface area contributed by atoms with E-state index in [9.17, 15) is 0 Å². The molecule has 4 aromatic carbocycles. The van der Waals surface area contributed by atoms with Gasteiger partial charge in [-0.05, 0) is 116 Å². The lowest BCUT2D eigenvalue weighted by atomic mass is 9.86. The molecule has 0 saturated carbocycles. The summed E-state index contributed by atoms with van der Waals surface area (Å²) in [5.74, 6) is 2.48. The van der Waals surface area contributed by atoms with E-state index >= 15 is 0 Å². The van der Waals surface area contributed by atoms with Crippen LogP contribution in [0.3, 0.4) is 0 Å². The number of fused-ring (bicyclic) bond motifs is 3. The van der Waals surface area contributed by atoms with Gasteiger partial charge in [0.25, 0.3) is 0 Å². The van der Waals surface area contributed by atoms with E-state index in [1.807, 2.05) is 12.3 Å². The molecule has 0 fully saturated rings. The van der Waals surface area contributed by atoms with Crippen LogP contribution in [0, 0.1) is 26.2 Å². The lowest BCUT2D eigenvalue weighted by Crippen LogP contribution is -2.14. The molecule has 0 atom stereocenters. The Labute approximate surface area is 302 Å². The molecule has 5 nitrogen and oxygen atoms in total. The molecule has 7 rings (SSSR count). The molecular weight excluding hydrogens is 625 g/mol. The molecule has 0 aliphatic carbocycles. The van der Waals surface area contributed by atoms with Crippen LogP contribution in [0.5, 0.6) is 11.5 Å². The summed E-state index contributed by atoms with van der Waals surface area (Å²) in [7, 11) is 0. The van der Waals surface area contributed by atoms with Crippen LogP contribution >= 0.6 is 0 Å². The Hall–Kier alpha value is -5.16. The van der Waals surface area contributed by atoms with E-state index in [1.54, 1.807) is 0 Å². The summed E-state index contributed by atoms with van der Waals surface area (Å²) in [5, 5.41) is 7.72. The number of hydrogen-bond acceptors (Lipinski definition) is 3. The summed E-state index contributed by atoms with van der Waals surface area (Å²) in [4.78, 5) is 4.83. The molecule has 0 radical (unpaired) electrons. The summed E-state index contributed by atoms with van der Waals surface area (Å²) < 4.78 is 11.1. The number of aromatic nitrogens is 4. The molecule has 0 amide bonds. The number of pyridine rings is 1. The van der Waals surface area contributed by atoms with Crippen molar-refractivity contribution in [1.82, 2.24) is 19.3 Å². The van der Waals surface area contributed by atoms with Crippen LogP contribution in [-0.4, -0.2) is 19.3 Å². The zero-order valence-electron chi connectivity index (χ0n) is 31.5. The van der Waals surface area contributed by atoms with Gasteiger partial charge in [0.2, 0.25) is 0 Å². The number of nitrogens with zero attached hydrogens (tertiary/aromatic N) is 4. The molecule has 3 aromatic heterocycles. The number of rotatable bonds is 10. The third kappa shape index (κ3) is 6.82. The van der Waals surface area contributed by atoms with Gasteiger partial charge in [0.05, 0.1) is 28.1 Å². The van der Waals surface area contributed by atoms with Crippen LogP contribution in [0.2, 0.25) is 0 Å². The van der Waals surface area contributed by atoms with Crippen LogP contribution in [-0.2, 0) is 19.3 Å². The van der Waals surface area contributed by atoms with Crippen LogP contribution < -0.4 is 4.74 Å². The largest absolute Gasteiger partial charge is 0.457 e. The van der Waals surface area contributed by atoms with Crippen LogP contribution in [0.4, 0.5) is 0 Å². The SMILES string of the molecule is CCCc1ccnc(-n2c3ccccc3c3ccc(Oc4cccc(-n5nc(CCC)c(-c6cc(C)c(C)c(C)c6)c5CC(C)(C)C)c4)cc32)c1. The fourth-order valence-corrected chi connectivity index (χ4v) is 7.41. The Morgan fingerprint density at radius 1 is 0.706 bits per heavy atom. The maximum absolute atomic E-state index is 6.68. The molecule has 0 saturated heterocycles. The van der Waals surface area contributed by atoms with Gasteiger partial charge in [-0.15, -0.1) is 0 Å². The van der Waals surface area contributed by atoms with Gasteiger partial charge in [-0.3, -0.25) is 4.57 Å². The van der Waals surface area contributed by atoms with Crippen molar-refractivity contribution in [2.24, 2.45) is 5.41 Å². The number of ether oxygens (including phenoxy) is 1. The van der Waals surface area contributed by atoms with Gasteiger partial charge in [-0.1, -0.05) is 83.9 Å². The van der Waals surface area contributed by atoms with Gasteiger partial charge < -0.3 is 4.74 Å². The van der Waals surface area contributed by atoms with E-state index in [-0.39, 0.29) is 5.41 Å². The van der Waals surface area contributed by atoms with Gasteiger partial charge in [0.15, 0.2) is 0 Å². The molecule has 5 heteroatoms. The predicted molar refractivity (Wildman–Crippen MR) is 213 cm³/mol. The fraction of sp³-hybridized carbons (Fsp3) is 0.304. The van der Waals surface area contributed by atoms with Gasteiger partial charge in [-0.25, -0.2) is 9.67 Å². The molecule has 0 spiro atoms. The summed E-state index contributed by atoms with van der Waals surface area (Å²) in [5.41, 5.74) is 13.5. The molecular formula is C46H50N4O. The topological polar surface area (TPSA) is 44.9 Å². The summed E-state index contributed by atoms with van der Waals surface area (Å²) >= 11 is 0. The highest BCUT2D eigenvalue weighted by molar-refractivity contribution is 6.09. The van der Waals surface area contributed by atoms with E-state index in [0.29, 0.717) is 0 Å². The maximum Gasteiger partial charge on any atom is 0.137 e. The molecule has 0 bridgehead atoms. The van der Waals surface area contributed by atoms with Crippen molar-refractivity contribution in [2.75, 3.05) is 0 Å². The Bertz CT molecular complexity index is 2340. The minimum atomic E-state index is 0.0672. The quantitative estimate of drug-likeness (QED) is 0.145. The van der Waals surface area contributed by atoms with E-state index in [4.69, 9.17) is 14.8 Å². The summed E-state index contributed by atoms with van der Waals surface area (Å²) in [6, 6.07) is 32.4. The Morgan fingerprint density at radius 2 is 1.43 bits per heavy atom. The van der Waals surface area contributed by atoms with E-state index in [0.717, 1.165) is 71.8 Å². The molecule has 0 N–H and O–H groups in total. The monoisotopic (exact) mass is 674 g/mol. The normalized spacial score (nSPS) is 11.9. The van der Waals surface area contributed by atoms with Crippen molar-refractivity contribution in [2.45, 2.75) is 87.5 Å². The van der Waals surface area contributed by atoms with Crippen molar-refractivity contribution in [1.29, 1.82) is 0 Å². The van der Waals surface area contributed by atoms with Crippen molar-refractivity contribution < 1.29 is 4.74 Å². The highest BCUT2D eigenvalue weighted by atomic mass is 16.5. The smallest absolute Gasteiger partial charge is 0.137 e. The minimum Gasteiger partial charge on any atom is -0.457 e. The van der Waals surface area contributed by atoms with E-state index < -0.39 is 0 Å². The van der Waals surface area contributed by atoms with Gasteiger partial charge in [0.1, 0.15) is 17.3 Å². The van der Waals surface area contributed by atoms with Crippen molar-refractivity contribution in [3.05, 3.63) is 131 Å². The molecule has 0 aliphatic rings. The molecule has 0 unspecified atom stereocenters. The standard InChI is InChI=1S/C46H50N4O/c1-9-14-33-22-23-47-44(26-33)49-41-19-12-11-18-38(41)39-21-20-37(28-42(39)49)51-36-17-13-16-35(27-36)50-43(29-46(6,7)8)45(40(48-50)15-10-2)34-24-30(3)32(5)31(4)25-34/h11-13,16-28H,9-10,14-15,29H2,1-8H3. The second-order valence-electron chi connectivity index (χ2n) is 15.3. The molecule has 51 heavy (non-hydrogen) atoms. The average Bonchev–Trinajstić information content (AvgIpc) is 3.61. The van der Waals surface area contributed by atoms with Gasteiger partial charge in [0, 0.05) is 34.7 Å². The zero-order chi connectivity index (χ0) is 35.9. The lowest BCUT2D eigenvalue weighted by Gasteiger charge is -2.21. The minimum absolute atomic E-state index is 0.0672. The first-order valence-electron chi connectivity index (χ1n) is 18.5. The van der Waals surface area contributed by atoms with E-state index in [1.165, 1.54) is 49.8 Å². The zero-order valence-corrected chi connectivity index (χ0v) is 31.5. The second-order valence-corrected chi connectivity index (χ2v) is 15.3. The third-order valence-electron chi connectivity index (χ3n) is 9.97. The van der Waals surface area contributed by atoms with Gasteiger partial charge >= 0.3 is 0 Å². The van der Waals surface area contributed by atoms with Crippen molar-refractivity contribution >= 4 is 21.8 Å². The number of benzene rings is 4. The summed E-state index contributed by atoms with van der Waals surface area (Å²) in [6.07, 6.45) is 6.89. The van der Waals surface area contributed by atoms with Gasteiger partial charge in [-0.2, -0.15) is 5.10 Å². The van der Waals surface area contributed by atoms with Crippen LogP contribution in [0.1, 0.15) is 81.1 Å². The Kier molecular flexibility index (Phi) is 9.32. The highest BCUT2D eigenvalue weighted by Gasteiger charge is 2.25. The van der Waals surface area contributed by atoms with Crippen LogP contribution in [0.25, 0.3) is 44.4 Å².